The number of aromatic nitrogens is 4. The molecule has 6 nitrogen and oxygen atoms in total. The molecule has 0 radical (unpaired) electrons. The van der Waals surface area contributed by atoms with Crippen LogP contribution in [0.15, 0.2) is 215 Å². The molecule has 294 valence electrons. The molecule has 13 aromatic rings. The van der Waals surface area contributed by atoms with Crippen molar-refractivity contribution in [3.8, 4) is 62.1 Å². The fourth-order valence-corrected chi connectivity index (χ4v) is 9.34. The smallest absolute Gasteiger partial charge is 0.164 e. The summed E-state index contributed by atoms with van der Waals surface area (Å²) in [6, 6.07) is 71.7. The molecule has 0 N–H and O–H groups in total. The van der Waals surface area contributed by atoms with Crippen molar-refractivity contribution >= 4 is 65.7 Å². The number of hydrogen-bond acceptors (Lipinski definition) is 5. The molecule has 0 aliphatic carbocycles. The zero-order valence-electron chi connectivity index (χ0n) is 33.7. The molecule has 4 aromatic heterocycles. The molecule has 9 aromatic carbocycles. The topological polar surface area (TPSA) is 69.9 Å². The molecule has 0 fully saturated rings. The summed E-state index contributed by atoms with van der Waals surface area (Å²) in [6.07, 6.45) is 0. The van der Waals surface area contributed by atoms with Crippen LogP contribution in [0.2, 0.25) is 0 Å². The van der Waals surface area contributed by atoms with Gasteiger partial charge >= 0.3 is 0 Å². The molecule has 4 heterocycles. The van der Waals surface area contributed by atoms with E-state index in [9.17, 15) is 0 Å². The first kappa shape index (κ1) is 35.2. The molecule has 0 spiro atoms. The Bertz CT molecular complexity index is 3900. The van der Waals surface area contributed by atoms with Gasteiger partial charge in [-0.15, -0.1) is 0 Å². The van der Waals surface area contributed by atoms with Gasteiger partial charge in [-0.2, -0.15) is 0 Å². The van der Waals surface area contributed by atoms with Crippen LogP contribution in [0.5, 0.6) is 0 Å². The lowest BCUT2D eigenvalue weighted by Crippen LogP contribution is -2.00. The maximum absolute atomic E-state index is 6.52. The SMILES string of the molecule is c1ccc(-c2ccc3c(c2)c2cccc(-c4ccc5oc6ccc(-c7nc(-c8ccccc8)nc(-c8cccc9oc%10ccccc%10c89)n7)cc6c5c4)c2n3-c2ccccc2)cc1. The molecular formula is C57H34N4O2. The number of nitrogens with zero attached hydrogens (tertiary/aromatic N) is 4. The molecule has 6 heteroatoms. The van der Waals surface area contributed by atoms with Gasteiger partial charge in [0.1, 0.15) is 22.3 Å². The van der Waals surface area contributed by atoms with Gasteiger partial charge in [-0.3, -0.25) is 0 Å². The molecule has 0 aliphatic rings. The first-order valence-electron chi connectivity index (χ1n) is 21.1. The third-order valence-electron chi connectivity index (χ3n) is 12.3. The Morgan fingerprint density at radius 2 is 0.857 bits per heavy atom. The summed E-state index contributed by atoms with van der Waals surface area (Å²) in [5, 5.41) is 6.40. The van der Waals surface area contributed by atoms with Crippen molar-refractivity contribution in [3.63, 3.8) is 0 Å². The number of hydrogen-bond donors (Lipinski definition) is 0. The second-order valence-electron chi connectivity index (χ2n) is 15.9. The van der Waals surface area contributed by atoms with E-state index in [-0.39, 0.29) is 0 Å². The first-order valence-corrected chi connectivity index (χ1v) is 21.1. The van der Waals surface area contributed by atoms with Crippen LogP contribution in [-0.2, 0) is 0 Å². The highest BCUT2D eigenvalue weighted by molar-refractivity contribution is 6.16. The van der Waals surface area contributed by atoms with Crippen LogP contribution in [0.25, 0.3) is 128 Å². The fraction of sp³-hybridized carbons (Fsp3) is 0. The molecule has 0 amide bonds. The van der Waals surface area contributed by atoms with Crippen LogP contribution < -0.4 is 0 Å². The van der Waals surface area contributed by atoms with E-state index in [0.29, 0.717) is 17.5 Å². The van der Waals surface area contributed by atoms with Crippen molar-refractivity contribution in [2.24, 2.45) is 0 Å². The quantitative estimate of drug-likeness (QED) is 0.167. The highest BCUT2D eigenvalue weighted by Gasteiger charge is 2.21. The van der Waals surface area contributed by atoms with Gasteiger partial charge in [-0.1, -0.05) is 140 Å². The lowest BCUT2D eigenvalue weighted by molar-refractivity contribution is 0.668. The minimum absolute atomic E-state index is 0.572. The molecule has 0 saturated heterocycles. The minimum Gasteiger partial charge on any atom is -0.456 e. The van der Waals surface area contributed by atoms with Gasteiger partial charge in [0, 0.05) is 60.3 Å². The number of furan rings is 2. The second kappa shape index (κ2) is 14.0. The van der Waals surface area contributed by atoms with E-state index in [4.69, 9.17) is 23.8 Å². The van der Waals surface area contributed by atoms with Crippen LogP contribution in [0.3, 0.4) is 0 Å². The molecule has 13 rings (SSSR count). The van der Waals surface area contributed by atoms with Gasteiger partial charge in [-0.05, 0) is 83.4 Å². The van der Waals surface area contributed by atoms with Crippen LogP contribution in [0, 0.1) is 0 Å². The van der Waals surface area contributed by atoms with Gasteiger partial charge in [0.05, 0.1) is 11.0 Å². The Hall–Kier alpha value is -8.61. The molecular weight excluding hydrogens is 773 g/mol. The highest BCUT2D eigenvalue weighted by atomic mass is 16.3. The van der Waals surface area contributed by atoms with Gasteiger partial charge < -0.3 is 13.4 Å². The van der Waals surface area contributed by atoms with Crippen molar-refractivity contribution < 1.29 is 8.83 Å². The van der Waals surface area contributed by atoms with Gasteiger partial charge in [0.15, 0.2) is 17.5 Å². The number of para-hydroxylation sites is 3. The standard InChI is InChI=1S/C57H34N4O2/c1-4-14-35(15-5-1)37-26-29-48-45(32-37)42-22-12-21-41(54(42)61(48)40-18-8-3-9-19-40)38-27-30-50-46(33-38)47-34-39(28-31-51(47)62-50)56-58-55(36-16-6-2-7-17-36)59-57(60-56)44-23-13-25-52-53(44)43-20-10-11-24-49(43)63-52/h1-34H. The molecule has 0 unspecified atom stereocenters. The number of rotatable bonds is 6. The Balaban J connectivity index is 0.996. The van der Waals surface area contributed by atoms with E-state index in [2.05, 4.69) is 138 Å². The summed E-state index contributed by atoms with van der Waals surface area (Å²) in [4.78, 5) is 15.4. The van der Waals surface area contributed by atoms with Gasteiger partial charge in [0.2, 0.25) is 0 Å². The van der Waals surface area contributed by atoms with E-state index in [0.717, 1.165) is 88.4 Å². The predicted molar refractivity (Wildman–Crippen MR) is 256 cm³/mol. The third kappa shape index (κ3) is 5.69. The van der Waals surface area contributed by atoms with E-state index in [1.165, 1.54) is 21.9 Å². The van der Waals surface area contributed by atoms with Gasteiger partial charge in [-0.25, -0.2) is 15.0 Å². The van der Waals surface area contributed by atoms with E-state index in [1.54, 1.807) is 0 Å². The van der Waals surface area contributed by atoms with E-state index < -0.39 is 0 Å². The van der Waals surface area contributed by atoms with Crippen LogP contribution >= 0.6 is 0 Å². The maximum atomic E-state index is 6.52. The number of benzene rings is 9. The van der Waals surface area contributed by atoms with Gasteiger partial charge in [0.25, 0.3) is 0 Å². The summed E-state index contributed by atoms with van der Waals surface area (Å²) >= 11 is 0. The normalized spacial score (nSPS) is 11.8. The monoisotopic (exact) mass is 806 g/mol. The average Bonchev–Trinajstić information content (AvgIpc) is 4.03. The van der Waals surface area contributed by atoms with Crippen molar-refractivity contribution in [1.82, 2.24) is 19.5 Å². The second-order valence-corrected chi connectivity index (χ2v) is 15.9. The molecule has 0 bridgehead atoms. The Labute approximate surface area is 361 Å². The Morgan fingerprint density at radius 1 is 0.317 bits per heavy atom. The zero-order valence-corrected chi connectivity index (χ0v) is 33.7. The van der Waals surface area contributed by atoms with Crippen molar-refractivity contribution in [3.05, 3.63) is 206 Å². The Morgan fingerprint density at radius 3 is 1.65 bits per heavy atom. The molecule has 63 heavy (non-hydrogen) atoms. The molecule has 0 saturated carbocycles. The summed E-state index contributed by atoms with van der Waals surface area (Å²) in [5.41, 5.74) is 13.9. The number of fused-ring (bicyclic) bond motifs is 9. The summed E-state index contributed by atoms with van der Waals surface area (Å²) < 4.78 is 15.2. The predicted octanol–water partition coefficient (Wildman–Crippen LogP) is 15.1. The Kier molecular flexibility index (Phi) is 7.80. The average molecular weight is 807 g/mol. The fourth-order valence-electron chi connectivity index (χ4n) is 9.34. The van der Waals surface area contributed by atoms with Crippen molar-refractivity contribution in [1.29, 1.82) is 0 Å². The zero-order chi connectivity index (χ0) is 41.4. The van der Waals surface area contributed by atoms with E-state index in [1.807, 2.05) is 72.8 Å². The maximum Gasteiger partial charge on any atom is 0.164 e. The van der Waals surface area contributed by atoms with Crippen LogP contribution in [0.4, 0.5) is 0 Å². The lowest BCUT2D eigenvalue weighted by atomic mass is 9.98. The lowest BCUT2D eigenvalue weighted by Gasteiger charge is -2.12. The summed E-state index contributed by atoms with van der Waals surface area (Å²) in [6.45, 7) is 0. The largest absolute Gasteiger partial charge is 0.456 e. The summed E-state index contributed by atoms with van der Waals surface area (Å²) in [5.74, 6) is 1.74. The minimum atomic E-state index is 0.572. The molecule has 0 atom stereocenters. The van der Waals surface area contributed by atoms with Crippen molar-refractivity contribution in [2.75, 3.05) is 0 Å². The van der Waals surface area contributed by atoms with Crippen LogP contribution in [-0.4, -0.2) is 19.5 Å². The molecule has 0 aliphatic heterocycles. The van der Waals surface area contributed by atoms with Crippen molar-refractivity contribution in [2.45, 2.75) is 0 Å². The summed E-state index contributed by atoms with van der Waals surface area (Å²) in [7, 11) is 0. The third-order valence-corrected chi connectivity index (χ3v) is 12.3. The first-order chi connectivity index (χ1) is 31.2. The van der Waals surface area contributed by atoms with Crippen LogP contribution in [0.1, 0.15) is 0 Å². The highest BCUT2D eigenvalue weighted by Crippen LogP contribution is 2.42. The van der Waals surface area contributed by atoms with E-state index >= 15 is 0 Å².